The maximum Gasteiger partial charge on any atom is 0.275 e. The molecule has 2 amide bonds. The van der Waals surface area contributed by atoms with Gasteiger partial charge in [0.05, 0.1) is 5.69 Å². The van der Waals surface area contributed by atoms with E-state index in [0.717, 1.165) is 12.1 Å². The quantitative estimate of drug-likeness (QED) is 0.769. The summed E-state index contributed by atoms with van der Waals surface area (Å²) in [5, 5.41) is 9.50. The van der Waals surface area contributed by atoms with E-state index in [1.807, 2.05) is 30.3 Å². The van der Waals surface area contributed by atoms with Crippen LogP contribution < -0.4 is 5.32 Å². The Hall–Kier alpha value is -3.00. The molecule has 1 aliphatic rings. The number of thiazole rings is 1. The number of aromatic nitrogens is 3. The van der Waals surface area contributed by atoms with E-state index in [1.54, 1.807) is 33.4 Å². The molecule has 1 unspecified atom stereocenters. The first-order valence-corrected chi connectivity index (χ1v) is 9.23. The van der Waals surface area contributed by atoms with Crippen molar-refractivity contribution in [2.45, 2.75) is 18.9 Å². The molecule has 0 radical (unpaired) electrons. The van der Waals surface area contributed by atoms with Crippen LogP contribution >= 0.6 is 11.3 Å². The van der Waals surface area contributed by atoms with Crippen LogP contribution in [0.15, 0.2) is 54.2 Å². The minimum absolute atomic E-state index is 0.201. The Morgan fingerprint density at radius 1 is 1.19 bits per heavy atom. The van der Waals surface area contributed by atoms with Crippen molar-refractivity contribution in [2.75, 3.05) is 11.9 Å². The van der Waals surface area contributed by atoms with E-state index in [4.69, 9.17) is 0 Å². The monoisotopic (exact) mass is 367 g/mol. The van der Waals surface area contributed by atoms with Crippen LogP contribution in [0.1, 0.15) is 23.3 Å². The number of nitrogens with zero attached hydrogens (tertiary/aromatic N) is 4. The molecule has 8 heteroatoms. The number of hydrogen-bond acceptors (Lipinski definition) is 5. The average Bonchev–Trinajstić information content (AvgIpc) is 3.42. The standard InChI is InChI=1S/C18H17N5O2S/c24-16(20-18-19-9-12-26-18)15-7-4-10-22(15)17(25)14-8-11-23(21-14)13-5-2-1-3-6-13/h1-3,5-6,8-9,11-12,15H,4,7,10H2,(H,19,20,24). The number of nitrogens with one attached hydrogen (secondary N) is 1. The summed E-state index contributed by atoms with van der Waals surface area (Å²) < 4.78 is 1.66. The topological polar surface area (TPSA) is 80.1 Å². The lowest BCUT2D eigenvalue weighted by Crippen LogP contribution is -2.43. The predicted molar refractivity (Wildman–Crippen MR) is 98.4 cm³/mol. The summed E-state index contributed by atoms with van der Waals surface area (Å²) in [6.45, 7) is 0.549. The number of para-hydroxylation sites is 1. The number of rotatable bonds is 4. The van der Waals surface area contributed by atoms with Crippen LogP contribution in [-0.2, 0) is 4.79 Å². The maximum atomic E-state index is 12.9. The molecule has 0 bridgehead atoms. The molecular weight excluding hydrogens is 350 g/mol. The molecule has 3 aromatic rings. The van der Waals surface area contributed by atoms with Gasteiger partial charge in [-0.25, -0.2) is 9.67 Å². The number of anilines is 1. The maximum absolute atomic E-state index is 12.9. The van der Waals surface area contributed by atoms with E-state index >= 15 is 0 Å². The van der Waals surface area contributed by atoms with E-state index < -0.39 is 6.04 Å². The van der Waals surface area contributed by atoms with Crippen molar-refractivity contribution in [1.29, 1.82) is 0 Å². The van der Waals surface area contributed by atoms with Gasteiger partial charge in [-0.05, 0) is 31.0 Å². The molecule has 1 aliphatic heterocycles. The van der Waals surface area contributed by atoms with Gasteiger partial charge in [0.1, 0.15) is 6.04 Å². The lowest BCUT2D eigenvalue weighted by atomic mass is 10.2. The van der Waals surface area contributed by atoms with Gasteiger partial charge in [-0.15, -0.1) is 11.3 Å². The first-order valence-electron chi connectivity index (χ1n) is 8.35. The largest absolute Gasteiger partial charge is 0.325 e. The van der Waals surface area contributed by atoms with Gasteiger partial charge in [0, 0.05) is 24.3 Å². The first-order chi connectivity index (χ1) is 12.7. The molecule has 2 aromatic heterocycles. The van der Waals surface area contributed by atoms with Crippen LogP contribution in [0.3, 0.4) is 0 Å². The molecule has 1 fully saturated rings. The Bertz CT molecular complexity index is 907. The summed E-state index contributed by atoms with van der Waals surface area (Å²) in [7, 11) is 0. The van der Waals surface area contributed by atoms with Crippen LogP contribution in [0.2, 0.25) is 0 Å². The molecule has 1 saturated heterocycles. The minimum Gasteiger partial charge on any atom is -0.325 e. The summed E-state index contributed by atoms with van der Waals surface area (Å²) in [6, 6.07) is 10.8. The molecule has 0 spiro atoms. The van der Waals surface area contributed by atoms with Crippen molar-refractivity contribution in [3.63, 3.8) is 0 Å². The molecule has 3 heterocycles. The highest BCUT2D eigenvalue weighted by molar-refractivity contribution is 7.13. The highest BCUT2D eigenvalue weighted by Crippen LogP contribution is 2.22. The Balaban J connectivity index is 1.50. The number of carbonyl (C=O) groups is 2. The second-order valence-electron chi connectivity index (χ2n) is 5.96. The zero-order valence-corrected chi connectivity index (χ0v) is 14.7. The molecule has 1 N–H and O–H groups in total. The van der Waals surface area contributed by atoms with Crippen molar-refractivity contribution in [2.24, 2.45) is 0 Å². The molecular formula is C18H17N5O2S. The fraction of sp³-hybridized carbons (Fsp3) is 0.222. The zero-order valence-electron chi connectivity index (χ0n) is 13.9. The van der Waals surface area contributed by atoms with Gasteiger partial charge in [0.25, 0.3) is 5.91 Å². The number of hydrogen-bond donors (Lipinski definition) is 1. The molecule has 132 valence electrons. The molecule has 0 saturated carbocycles. The van der Waals surface area contributed by atoms with Gasteiger partial charge in [0.15, 0.2) is 10.8 Å². The number of likely N-dealkylation sites (tertiary alicyclic amines) is 1. The second kappa shape index (κ2) is 7.09. The van der Waals surface area contributed by atoms with Crippen molar-refractivity contribution in [3.8, 4) is 5.69 Å². The third kappa shape index (κ3) is 3.23. The van der Waals surface area contributed by atoms with E-state index in [9.17, 15) is 9.59 Å². The first kappa shape index (κ1) is 16.5. The summed E-state index contributed by atoms with van der Waals surface area (Å²) in [5.74, 6) is -0.426. The average molecular weight is 367 g/mol. The van der Waals surface area contributed by atoms with Crippen LogP contribution in [0, 0.1) is 0 Å². The second-order valence-corrected chi connectivity index (χ2v) is 6.86. The smallest absolute Gasteiger partial charge is 0.275 e. The van der Waals surface area contributed by atoms with Gasteiger partial charge < -0.3 is 10.2 Å². The van der Waals surface area contributed by atoms with E-state index in [1.165, 1.54) is 11.3 Å². The van der Waals surface area contributed by atoms with Gasteiger partial charge >= 0.3 is 0 Å². The fourth-order valence-corrected chi connectivity index (χ4v) is 3.60. The summed E-state index contributed by atoms with van der Waals surface area (Å²) in [6.07, 6.45) is 4.82. The van der Waals surface area contributed by atoms with Gasteiger partial charge in [-0.3, -0.25) is 9.59 Å². The molecule has 1 aromatic carbocycles. The van der Waals surface area contributed by atoms with Crippen molar-refractivity contribution in [3.05, 3.63) is 59.9 Å². The van der Waals surface area contributed by atoms with Crippen LogP contribution in [0.25, 0.3) is 5.69 Å². The third-order valence-corrected chi connectivity index (χ3v) is 5.00. The molecule has 7 nitrogen and oxygen atoms in total. The van der Waals surface area contributed by atoms with Gasteiger partial charge in [0.2, 0.25) is 5.91 Å². The fourth-order valence-electron chi connectivity index (χ4n) is 3.07. The Labute approximate surface area is 154 Å². The molecule has 0 aliphatic carbocycles. The Kier molecular flexibility index (Phi) is 4.49. The van der Waals surface area contributed by atoms with Gasteiger partial charge in [-0.2, -0.15) is 5.10 Å². The summed E-state index contributed by atoms with van der Waals surface area (Å²) in [5.41, 5.74) is 1.22. The van der Waals surface area contributed by atoms with Crippen molar-refractivity contribution < 1.29 is 9.59 Å². The SMILES string of the molecule is O=C(Nc1nccs1)C1CCCN1C(=O)c1ccn(-c2ccccc2)n1. The highest BCUT2D eigenvalue weighted by Gasteiger charge is 2.35. The zero-order chi connectivity index (χ0) is 17.9. The Morgan fingerprint density at radius 2 is 2.04 bits per heavy atom. The van der Waals surface area contributed by atoms with E-state index in [-0.39, 0.29) is 11.8 Å². The van der Waals surface area contributed by atoms with E-state index in [2.05, 4.69) is 15.4 Å². The van der Waals surface area contributed by atoms with Gasteiger partial charge in [-0.1, -0.05) is 18.2 Å². The molecule has 1 atom stereocenters. The molecule has 26 heavy (non-hydrogen) atoms. The van der Waals surface area contributed by atoms with Crippen molar-refractivity contribution >= 4 is 28.3 Å². The van der Waals surface area contributed by atoms with Crippen LogP contribution in [-0.4, -0.2) is 44.1 Å². The number of carbonyl (C=O) groups excluding carboxylic acids is 2. The third-order valence-electron chi connectivity index (χ3n) is 4.31. The summed E-state index contributed by atoms with van der Waals surface area (Å²) in [4.78, 5) is 31.0. The Morgan fingerprint density at radius 3 is 2.81 bits per heavy atom. The number of benzene rings is 1. The highest BCUT2D eigenvalue weighted by atomic mass is 32.1. The predicted octanol–water partition coefficient (Wildman–Crippen LogP) is 2.57. The van der Waals surface area contributed by atoms with E-state index in [0.29, 0.717) is 23.8 Å². The summed E-state index contributed by atoms with van der Waals surface area (Å²) >= 11 is 1.35. The van der Waals surface area contributed by atoms with Crippen LogP contribution in [0.5, 0.6) is 0 Å². The normalized spacial score (nSPS) is 16.6. The minimum atomic E-state index is -0.492. The van der Waals surface area contributed by atoms with Crippen LogP contribution in [0.4, 0.5) is 5.13 Å². The lowest BCUT2D eigenvalue weighted by molar-refractivity contribution is -0.119. The lowest BCUT2D eigenvalue weighted by Gasteiger charge is -2.22. The number of amides is 2. The molecule has 4 rings (SSSR count). The van der Waals surface area contributed by atoms with Crippen molar-refractivity contribution in [1.82, 2.24) is 19.7 Å².